The highest BCUT2D eigenvalue weighted by molar-refractivity contribution is 7.71. The van der Waals surface area contributed by atoms with Crippen LogP contribution >= 0.6 is 12.2 Å². The minimum Gasteiger partial charge on any atom is -0.342 e. The number of pyridine rings is 1. The molecule has 0 atom stereocenters. The Morgan fingerprint density at radius 1 is 1.16 bits per heavy atom. The third-order valence-corrected chi connectivity index (χ3v) is 5.17. The molecule has 1 aliphatic rings. The average Bonchev–Trinajstić information content (AvgIpc) is 2.94. The lowest BCUT2D eigenvalue weighted by molar-refractivity contribution is -0.132. The Hall–Kier alpha value is -1.77. The van der Waals surface area contributed by atoms with E-state index in [0.717, 1.165) is 49.7 Å². The minimum absolute atomic E-state index is 0.223. The largest absolute Gasteiger partial charge is 0.342 e. The van der Waals surface area contributed by atoms with E-state index in [9.17, 15) is 4.79 Å². The van der Waals surface area contributed by atoms with E-state index in [2.05, 4.69) is 14.9 Å². The summed E-state index contributed by atoms with van der Waals surface area (Å²) in [5.41, 5.74) is 0.871. The van der Waals surface area contributed by atoms with E-state index < -0.39 is 0 Å². The van der Waals surface area contributed by atoms with Crippen molar-refractivity contribution in [1.29, 1.82) is 0 Å². The second-order valence-electron chi connectivity index (χ2n) is 6.31. The summed E-state index contributed by atoms with van der Waals surface area (Å²) in [6, 6.07) is 5.89. The summed E-state index contributed by atoms with van der Waals surface area (Å²) in [6.45, 7) is 10.4. The fourth-order valence-corrected chi connectivity index (χ4v) is 3.46. The number of piperazine rings is 1. The van der Waals surface area contributed by atoms with E-state index in [1.54, 1.807) is 0 Å². The molecule has 2 aromatic heterocycles. The molecule has 0 spiro atoms. The molecule has 136 valence electrons. The van der Waals surface area contributed by atoms with Crippen molar-refractivity contribution in [3.8, 4) is 0 Å². The van der Waals surface area contributed by atoms with Crippen LogP contribution in [0.25, 0.3) is 5.65 Å². The monoisotopic (exact) mass is 362 g/mol. The van der Waals surface area contributed by atoms with Crippen LogP contribution in [0.5, 0.6) is 0 Å². The Balaban J connectivity index is 1.55. The molecule has 25 heavy (non-hydrogen) atoms. The maximum absolute atomic E-state index is 12.2. The fourth-order valence-electron chi connectivity index (χ4n) is 3.21. The highest BCUT2D eigenvalue weighted by Crippen LogP contribution is 2.07. The highest BCUT2D eigenvalue weighted by atomic mass is 32.1. The Kier molecular flexibility index (Phi) is 5.82. The Bertz CT molecular complexity index is 773. The van der Waals surface area contributed by atoms with E-state index >= 15 is 0 Å². The van der Waals surface area contributed by atoms with Gasteiger partial charge >= 0.3 is 0 Å². The fraction of sp³-hybridized carbons (Fsp3) is 0.588. The van der Waals surface area contributed by atoms with Gasteiger partial charge in [0.2, 0.25) is 10.7 Å². The first-order valence-electron chi connectivity index (χ1n) is 8.89. The molecule has 3 heterocycles. The second-order valence-corrected chi connectivity index (χ2v) is 6.68. The minimum atomic E-state index is 0.223. The number of nitrogens with zero attached hydrogens (tertiary/aromatic N) is 6. The van der Waals surface area contributed by atoms with Gasteiger partial charge in [-0.1, -0.05) is 6.07 Å². The lowest BCUT2D eigenvalue weighted by Gasteiger charge is -2.34. The molecule has 0 saturated carbocycles. The Labute approximate surface area is 153 Å². The van der Waals surface area contributed by atoms with Gasteiger partial charge in [0, 0.05) is 45.5 Å². The number of aromatic nitrogens is 3. The molecule has 1 fully saturated rings. The van der Waals surface area contributed by atoms with Gasteiger partial charge in [-0.3, -0.25) is 19.0 Å². The molecule has 1 saturated heterocycles. The van der Waals surface area contributed by atoms with Gasteiger partial charge in [-0.2, -0.15) is 5.10 Å². The van der Waals surface area contributed by atoms with Gasteiger partial charge in [-0.25, -0.2) is 4.68 Å². The van der Waals surface area contributed by atoms with Crippen LogP contribution in [0.4, 0.5) is 0 Å². The predicted octanol–water partition coefficient (Wildman–Crippen LogP) is 1.31. The van der Waals surface area contributed by atoms with Crippen LogP contribution in [-0.2, 0) is 11.5 Å². The average molecular weight is 363 g/mol. The number of hydrogen-bond donors (Lipinski definition) is 0. The first-order valence-corrected chi connectivity index (χ1v) is 9.30. The zero-order valence-corrected chi connectivity index (χ0v) is 15.8. The SMILES string of the molecule is CCN(CC)C(=O)CN1CCN(Cn2nc3ccccn3c2=S)CC1. The number of rotatable bonds is 6. The van der Waals surface area contributed by atoms with Crippen molar-refractivity contribution in [1.82, 2.24) is 28.9 Å². The molecule has 0 aromatic carbocycles. The lowest BCUT2D eigenvalue weighted by Crippen LogP contribution is -2.50. The van der Waals surface area contributed by atoms with Crippen molar-refractivity contribution in [2.24, 2.45) is 0 Å². The van der Waals surface area contributed by atoms with Crippen LogP contribution in [0.15, 0.2) is 24.4 Å². The van der Waals surface area contributed by atoms with Gasteiger partial charge in [-0.15, -0.1) is 0 Å². The van der Waals surface area contributed by atoms with Crippen LogP contribution in [0, 0.1) is 4.77 Å². The number of hydrogen-bond acceptors (Lipinski definition) is 5. The smallest absolute Gasteiger partial charge is 0.236 e. The number of amides is 1. The third kappa shape index (κ3) is 4.08. The maximum atomic E-state index is 12.2. The highest BCUT2D eigenvalue weighted by Gasteiger charge is 2.21. The predicted molar refractivity (Wildman–Crippen MR) is 100.0 cm³/mol. The van der Waals surface area contributed by atoms with Crippen LogP contribution < -0.4 is 0 Å². The topological polar surface area (TPSA) is 49.0 Å². The molecule has 1 aliphatic heterocycles. The van der Waals surface area contributed by atoms with Crippen molar-refractivity contribution >= 4 is 23.8 Å². The molecular weight excluding hydrogens is 336 g/mol. The Morgan fingerprint density at radius 3 is 2.48 bits per heavy atom. The normalized spacial score (nSPS) is 16.4. The van der Waals surface area contributed by atoms with E-state index in [4.69, 9.17) is 12.2 Å². The van der Waals surface area contributed by atoms with Crippen molar-refractivity contribution in [2.75, 3.05) is 45.8 Å². The molecule has 3 rings (SSSR count). The summed E-state index contributed by atoms with van der Waals surface area (Å²) in [7, 11) is 0. The van der Waals surface area contributed by atoms with Crippen LogP contribution in [0.3, 0.4) is 0 Å². The third-order valence-electron chi connectivity index (χ3n) is 4.76. The van der Waals surface area contributed by atoms with Gasteiger partial charge in [0.1, 0.15) is 0 Å². The summed E-state index contributed by atoms with van der Waals surface area (Å²) in [5.74, 6) is 0.223. The number of carbonyl (C=O) groups excluding carboxylic acids is 1. The summed E-state index contributed by atoms with van der Waals surface area (Å²) >= 11 is 5.51. The van der Waals surface area contributed by atoms with Crippen LogP contribution in [0.2, 0.25) is 0 Å². The molecule has 0 bridgehead atoms. The Morgan fingerprint density at radius 2 is 1.84 bits per heavy atom. The molecule has 0 radical (unpaired) electrons. The lowest BCUT2D eigenvalue weighted by atomic mass is 10.3. The molecule has 0 N–H and O–H groups in total. The molecule has 7 nitrogen and oxygen atoms in total. The number of likely N-dealkylation sites (N-methyl/N-ethyl adjacent to an activating group) is 1. The zero-order chi connectivity index (χ0) is 17.8. The summed E-state index contributed by atoms with van der Waals surface area (Å²) in [5, 5.41) is 4.58. The van der Waals surface area contributed by atoms with Crippen molar-refractivity contribution in [2.45, 2.75) is 20.5 Å². The van der Waals surface area contributed by atoms with E-state index in [1.807, 2.05) is 52.2 Å². The maximum Gasteiger partial charge on any atom is 0.236 e. The van der Waals surface area contributed by atoms with Crippen LogP contribution in [0.1, 0.15) is 13.8 Å². The van der Waals surface area contributed by atoms with Crippen molar-refractivity contribution < 1.29 is 4.79 Å². The summed E-state index contributed by atoms with van der Waals surface area (Å²) in [6.07, 6.45) is 1.94. The standard InChI is InChI=1S/C17H26N6OS/c1-3-21(4-2)16(24)13-19-9-11-20(12-10-19)14-23-17(25)22-8-6-5-7-15(22)18-23/h5-8H,3-4,9-14H2,1-2H3. The molecule has 2 aromatic rings. The summed E-state index contributed by atoms with van der Waals surface area (Å²) in [4.78, 5) is 18.7. The van der Waals surface area contributed by atoms with Gasteiger partial charge in [0.15, 0.2) is 5.65 Å². The van der Waals surface area contributed by atoms with Gasteiger partial charge < -0.3 is 4.90 Å². The van der Waals surface area contributed by atoms with Gasteiger partial charge in [0.25, 0.3) is 0 Å². The quantitative estimate of drug-likeness (QED) is 0.725. The first-order chi connectivity index (χ1) is 12.1. The van der Waals surface area contributed by atoms with Gasteiger partial charge in [0.05, 0.1) is 13.2 Å². The van der Waals surface area contributed by atoms with Crippen molar-refractivity contribution in [3.05, 3.63) is 29.2 Å². The number of carbonyl (C=O) groups is 1. The van der Waals surface area contributed by atoms with E-state index in [0.29, 0.717) is 13.2 Å². The van der Waals surface area contributed by atoms with E-state index in [-0.39, 0.29) is 5.91 Å². The van der Waals surface area contributed by atoms with Crippen LogP contribution in [-0.4, -0.2) is 80.6 Å². The molecule has 0 aliphatic carbocycles. The molecule has 8 heteroatoms. The molecular formula is C17H26N6OS. The van der Waals surface area contributed by atoms with Gasteiger partial charge in [-0.05, 0) is 38.2 Å². The first kappa shape index (κ1) is 18.0. The zero-order valence-electron chi connectivity index (χ0n) is 15.0. The molecule has 1 amide bonds. The van der Waals surface area contributed by atoms with Crippen molar-refractivity contribution in [3.63, 3.8) is 0 Å². The number of fused-ring (bicyclic) bond motifs is 1. The molecule has 0 unspecified atom stereocenters. The second kappa shape index (κ2) is 8.07. The van der Waals surface area contributed by atoms with E-state index in [1.165, 1.54) is 0 Å². The summed E-state index contributed by atoms with van der Waals surface area (Å²) < 4.78 is 4.52.